The molecule has 116 valence electrons. The molecule has 1 aliphatic rings. The second-order valence-electron chi connectivity index (χ2n) is 4.29. The molecule has 0 unspecified atom stereocenters. The van der Waals surface area contributed by atoms with Crippen molar-refractivity contribution in [2.24, 2.45) is 5.14 Å². The molecule has 2 N–H and O–H groups in total. The van der Waals surface area contributed by atoms with Crippen LogP contribution in [0.5, 0.6) is 5.75 Å². The van der Waals surface area contributed by atoms with Gasteiger partial charge in [0.2, 0.25) is 15.8 Å². The van der Waals surface area contributed by atoms with Crippen LogP contribution in [0.15, 0.2) is 23.1 Å². The summed E-state index contributed by atoms with van der Waals surface area (Å²) in [6, 6.07) is 3.52. The SMILES string of the molecule is NS(=O)(=O)c1cccc([N+](=O)[O-])c1OC[C@@H]1COCCO1. The van der Waals surface area contributed by atoms with Crippen LogP contribution in [0.25, 0.3) is 0 Å². The van der Waals surface area contributed by atoms with Crippen molar-refractivity contribution in [2.75, 3.05) is 26.4 Å². The number of para-hydroxylation sites is 1. The summed E-state index contributed by atoms with van der Waals surface area (Å²) >= 11 is 0. The lowest BCUT2D eigenvalue weighted by molar-refractivity contribution is -0.386. The molecule has 1 aromatic rings. The van der Waals surface area contributed by atoms with Crippen molar-refractivity contribution in [3.63, 3.8) is 0 Å². The van der Waals surface area contributed by atoms with Gasteiger partial charge >= 0.3 is 5.69 Å². The van der Waals surface area contributed by atoms with E-state index in [9.17, 15) is 18.5 Å². The second kappa shape index (κ2) is 6.35. The van der Waals surface area contributed by atoms with Crippen molar-refractivity contribution in [2.45, 2.75) is 11.0 Å². The molecule has 10 heteroatoms. The number of nitro benzene ring substituents is 1. The summed E-state index contributed by atoms with van der Waals surface area (Å²) in [7, 11) is -4.14. The van der Waals surface area contributed by atoms with Crippen molar-refractivity contribution >= 4 is 15.7 Å². The van der Waals surface area contributed by atoms with Crippen LogP contribution in [-0.2, 0) is 19.5 Å². The molecule has 1 aliphatic heterocycles. The van der Waals surface area contributed by atoms with E-state index in [1.165, 1.54) is 6.07 Å². The van der Waals surface area contributed by atoms with E-state index in [1.54, 1.807) is 0 Å². The molecule has 1 aromatic carbocycles. The number of hydrogen-bond donors (Lipinski definition) is 1. The molecule has 0 aromatic heterocycles. The number of rotatable bonds is 5. The van der Waals surface area contributed by atoms with E-state index in [1.807, 2.05) is 0 Å². The first kappa shape index (κ1) is 15.6. The highest BCUT2D eigenvalue weighted by atomic mass is 32.2. The number of ether oxygens (including phenoxy) is 3. The zero-order chi connectivity index (χ0) is 15.5. The zero-order valence-corrected chi connectivity index (χ0v) is 11.7. The fourth-order valence-corrected chi connectivity index (χ4v) is 2.52. The summed E-state index contributed by atoms with van der Waals surface area (Å²) in [6.07, 6.45) is -0.424. The van der Waals surface area contributed by atoms with E-state index in [0.29, 0.717) is 13.2 Å². The highest BCUT2D eigenvalue weighted by molar-refractivity contribution is 7.89. The zero-order valence-electron chi connectivity index (χ0n) is 10.9. The maximum atomic E-state index is 11.5. The Morgan fingerprint density at radius 3 is 2.76 bits per heavy atom. The molecule has 0 amide bonds. The lowest BCUT2D eigenvalue weighted by Crippen LogP contribution is -2.33. The molecule has 21 heavy (non-hydrogen) atoms. The van der Waals surface area contributed by atoms with Crippen molar-refractivity contribution in [3.05, 3.63) is 28.3 Å². The van der Waals surface area contributed by atoms with Crippen LogP contribution in [-0.4, -0.2) is 45.9 Å². The summed E-state index contributed by atoms with van der Waals surface area (Å²) in [5, 5.41) is 16.0. The summed E-state index contributed by atoms with van der Waals surface area (Å²) in [5.74, 6) is -0.390. The smallest absolute Gasteiger partial charge is 0.312 e. The highest BCUT2D eigenvalue weighted by Crippen LogP contribution is 2.33. The molecule has 1 atom stereocenters. The van der Waals surface area contributed by atoms with Gasteiger partial charge in [-0.1, -0.05) is 6.07 Å². The highest BCUT2D eigenvalue weighted by Gasteiger charge is 2.26. The van der Waals surface area contributed by atoms with Gasteiger partial charge in [-0.3, -0.25) is 10.1 Å². The van der Waals surface area contributed by atoms with Gasteiger partial charge in [0.25, 0.3) is 0 Å². The minimum absolute atomic E-state index is 0.0760. The van der Waals surface area contributed by atoms with Gasteiger partial charge in [0, 0.05) is 6.07 Å². The number of primary sulfonamides is 1. The standard InChI is InChI=1S/C11H14N2O7S/c12-21(16,17)10-3-1-2-9(13(14)15)11(10)20-7-8-6-18-4-5-19-8/h1-3,8H,4-7H2,(H2,12,16,17)/t8-/m0/s1. The Labute approximate surface area is 120 Å². The van der Waals surface area contributed by atoms with E-state index in [2.05, 4.69) is 0 Å². The average molecular weight is 318 g/mol. The molecule has 1 saturated heterocycles. The van der Waals surface area contributed by atoms with E-state index in [0.717, 1.165) is 12.1 Å². The molecule has 2 rings (SSSR count). The Hall–Kier alpha value is -1.75. The van der Waals surface area contributed by atoms with Crippen molar-refractivity contribution < 1.29 is 27.6 Å². The predicted molar refractivity (Wildman–Crippen MR) is 70.5 cm³/mol. The largest absolute Gasteiger partial charge is 0.483 e. The summed E-state index contributed by atoms with van der Waals surface area (Å²) in [6.45, 7) is 1.04. The minimum atomic E-state index is -4.14. The normalized spacial score (nSPS) is 19.2. The molecule has 9 nitrogen and oxygen atoms in total. The number of nitrogens with two attached hydrogens (primary N) is 1. The lowest BCUT2D eigenvalue weighted by Gasteiger charge is -2.23. The van der Waals surface area contributed by atoms with Gasteiger partial charge in [0.05, 0.1) is 24.7 Å². The fourth-order valence-electron chi connectivity index (χ4n) is 1.83. The topological polar surface area (TPSA) is 131 Å². The molecule has 0 bridgehead atoms. The van der Waals surface area contributed by atoms with Crippen LogP contribution in [0.2, 0.25) is 0 Å². The molecule has 0 saturated carbocycles. The van der Waals surface area contributed by atoms with Gasteiger partial charge in [-0.15, -0.1) is 0 Å². The third-order valence-electron chi connectivity index (χ3n) is 2.76. The molecule has 0 spiro atoms. The van der Waals surface area contributed by atoms with Crippen LogP contribution in [0.1, 0.15) is 0 Å². The summed E-state index contributed by atoms with van der Waals surface area (Å²) in [4.78, 5) is 9.82. The van der Waals surface area contributed by atoms with Crippen LogP contribution in [0, 0.1) is 10.1 Å². The van der Waals surface area contributed by atoms with E-state index in [4.69, 9.17) is 19.3 Å². The van der Waals surface area contributed by atoms with E-state index in [-0.39, 0.29) is 19.0 Å². The average Bonchev–Trinajstić information content (AvgIpc) is 2.44. The van der Waals surface area contributed by atoms with Gasteiger partial charge < -0.3 is 14.2 Å². The molecule has 0 radical (unpaired) electrons. The lowest BCUT2D eigenvalue weighted by atomic mass is 10.3. The fraction of sp³-hybridized carbons (Fsp3) is 0.455. The summed E-state index contributed by atoms with van der Waals surface area (Å²) in [5.41, 5.74) is -0.474. The number of nitro groups is 1. The molecule has 1 fully saturated rings. The molecular weight excluding hydrogens is 304 g/mol. The van der Waals surface area contributed by atoms with Gasteiger partial charge in [0.15, 0.2) is 0 Å². The van der Waals surface area contributed by atoms with E-state index >= 15 is 0 Å². The number of benzene rings is 1. The maximum Gasteiger partial charge on any atom is 0.312 e. The van der Waals surface area contributed by atoms with Gasteiger partial charge in [-0.25, -0.2) is 13.6 Å². The van der Waals surface area contributed by atoms with Crippen molar-refractivity contribution in [3.8, 4) is 5.75 Å². The molecule has 0 aliphatic carbocycles. The van der Waals surface area contributed by atoms with Gasteiger partial charge in [-0.2, -0.15) is 0 Å². The number of sulfonamides is 1. The molecule has 1 heterocycles. The Bertz CT molecular complexity index is 625. The van der Waals surface area contributed by atoms with Gasteiger partial charge in [-0.05, 0) is 6.07 Å². The Balaban J connectivity index is 2.28. The van der Waals surface area contributed by atoms with Crippen LogP contribution < -0.4 is 9.88 Å². The third-order valence-corrected chi connectivity index (χ3v) is 3.69. The predicted octanol–water partition coefficient (Wildman–Crippen LogP) is 0.0364. The third kappa shape index (κ3) is 3.88. The Kier molecular flexibility index (Phi) is 4.73. The van der Waals surface area contributed by atoms with Crippen LogP contribution in [0.4, 0.5) is 5.69 Å². The minimum Gasteiger partial charge on any atom is -0.483 e. The monoisotopic (exact) mass is 318 g/mol. The second-order valence-corrected chi connectivity index (χ2v) is 5.82. The van der Waals surface area contributed by atoms with Crippen molar-refractivity contribution in [1.29, 1.82) is 0 Å². The quantitative estimate of drug-likeness (QED) is 0.598. The van der Waals surface area contributed by atoms with Crippen LogP contribution in [0.3, 0.4) is 0 Å². The van der Waals surface area contributed by atoms with Crippen molar-refractivity contribution in [1.82, 2.24) is 0 Å². The number of nitrogens with zero attached hydrogens (tertiary/aromatic N) is 1. The Morgan fingerprint density at radius 2 is 2.19 bits per heavy atom. The first-order valence-corrected chi connectivity index (χ1v) is 7.56. The first-order valence-electron chi connectivity index (χ1n) is 6.02. The van der Waals surface area contributed by atoms with E-state index < -0.39 is 31.6 Å². The summed E-state index contributed by atoms with van der Waals surface area (Å²) < 4.78 is 38.8. The number of hydrogen-bond acceptors (Lipinski definition) is 7. The van der Waals surface area contributed by atoms with Crippen LogP contribution >= 0.6 is 0 Å². The maximum absolute atomic E-state index is 11.5. The molecular formula is C11H14N2O7S. The Morgan fingerprint density at radius 1 is 1.43 bits per heavy atom. The van der Waals surface area contributed by atoms with Gasteiger partial charge in [0.1, 0.15) is 17.6 Å². The first-order chi connectivity index (χ1) is 9.89.